The van der Waals surface area contributed by atoms with Gasteiger partial charge >= 0.3 is 5.97 Å². The van der Waals surface area contributed by atoms with Gasteiger partial charge in [0.05, 0.1) is 27.7 Å². The third kappa shape index (κ3) is 5.13. The summed E-state index contributed by atoms with van der Waals surface area (Å²) >= 11 is 11.0. The van der Waals surface area contributed by atoms with Gasteiger partial charge in [-0.05, 0) is 36.4 Å². The van der Waals surface area contributed by atoms with Gasteiger partial charge in [-0.25, -0.2) is 13.2 Å². The van der Waals surface area contributed by atoms with Gasteiger partial charge < -0.3 is 14.7 Å². The highest BCUT2D eigenvalue weighted by Gasteiger charge is 2.35. The summed E-state index contributed by atoms with van der Waals surface area (Å²) in [4.78, 5) is 26.9. The number of rotatable bonds is 7. The molecule has 2 N–H and O–H groups in total. The summed E-state index contributed by atoms with van der Waals surface area (Å²) in [5.74, 6) is -1.65. The fraction of sp³-hybridized carbons (Fsp3) is 0.182. The molecule has 34 heavy (non-hydrogen) atoms. The topological polar surface area (TPSA) is 113 Å². The van der Waals surface area contributed by atoms with Crippen LogP contribution >= 0.6 is 38.9 Å². The lowest BCUT2D eigenvalue weighted by atomic mass is 10.1. The summed E-state index contributed by atoms with van der Waals surface area (Å²) < 4.78 is 31.3. The van der Waals surface area contributed by atoms with Crippen LogP contribution < -0.4 is 15.0 Å². The second-order valence-corrected chi connectivity index (χ2v) is 11.6. The fourth-order valence-electron chi connectivity index (χ4n) is 3.37. The maximum Gasteiger partial charge on any atom is 0.346 e. The largest absolute Gasteiger partial charge is 0.478 e. The van der Waals surface area contributed by atoms with E-state index in [0.717, 1.165) is 4.47 Å². The number of carboxylic acid groups (broad SMARTS) is 1. The number of halogens is 2. The highest BCUT2D eigenvalue weighted by Crippen LogP contribution is 2.36. The van der Waals surface area contributed by atoms with Crippen molar-refractivity contribution in [1.82, 2.24) is 5.32 Å². The van der Waals surface area contributed by atoms with Crippen molar-refractivity contribution in [3.63, 3.8) is 0 Å². The minimum atomic E-state index is -3.55. The van der Waals surface area contributed by atoms with Crippen LogP contribution in [0.5, 0.6) is 5.75 Å². The molecule has 0 saturated carbocycles. The molecule has 12 heteroatoms. The molecular weight excluding hydrogens is 568 g/mol. The number of carbonyl (C=O) groups excluding carboxylic acids is 1. The van der Waals surface area contributed by atoms with Gasteiger partial charge in [-0.1, -0.05) is 39.7 Å². The Kier molecular flexibility index (Phi) is 7.29. The summed E-state index contributed by atoms with van der Waals surface area (Å²) in [6.45, 7) is -0.0274. The van der Waals surface area contributed by atoms with Crippen LogP contribution in [0, 0.1) is 0 Å². The maximum absolute atomic E-state index is 13.3. The molecule has 1 unspecified atom stereocenters. The molecule has 0 radical (unpaired) electrons. The molecular formula is C22H18BrClN2O6S2. The van der Waals surface area contributed by atoms with Crippen molar-refractivity contribution in [2.75, 3.05) is 17.3 Å². The smallest absolute Gasteiger partial charge is 0.346 e. The molecule has 0 bridgehead atoms. The molecule has 178 valence electrons. The van der Waals surface area contributed by atoms with E-state index in [1.807, 2.05) is 0 Å². The number of fused-ring (bicyclic) bond motifs is 1. The van der Waals surface area contributed by atoms with Crippen LogP contribution in [0.4, 0.5) is 5.69 Å². The summed E-state index contributed by atoms with van der Waals surface area (Å²) in [6, 6.07) is 13.0. The number of hydrogen-bond donors (Lipinski definition) is 2. The van der Waals surface area contributed by atoms with Gasteiger partial charge in [0.1, 0.15) is 11.6 Å². The number of para-hydroxylation sites is 2. The number of carboxylic acids is 1. The van der Waals surface area contributed by atoms with Gasteiger partial charge in [0.15, 0.2) is 9.84 Å². The Bertz CT molecular complexity index is 1340. The minimum absolute atomic E-state index is 0.143. The van der Waals surface area contributed by atoms with Crippen molar-refractivity contribution in [1.29, 1.82) is 0 Å². The van der Waals surface area contributed by atoms with Crippen LogP contribution in [-0.4, -0.2) is 43.9 Å². The fourth-order valence-corrected chi connectivity index (χ4v) is 6.00. The Morgan fingerprint density at radius 2 is 1.91 bits per heavy atom. The van der Waals surface area contributed by atoms with Crippen LogP contribution in [0.3, 0.4) is 0 Å². The SMILES string of the molecule is O=C(O)C1CN(C(=O)c2csc(CNCS(=O)(=O)c3ccc(Br)cc3)c2Cl)c2ccccc2O1. The molecule has 0 saturated heterocycles. The molecule has 1 aliphatic heterocycles. The summed E-state index contributed by atoms with van der Waals surface area (Å²) in [6.07, 6.45) is -1.21. The second-order valence-electron chi connectivity index (χ2n) is 7.35. The van der Waals surface area contributed by atoms with Gasteiger partial charge in [0.2, 0.25) is 6.10 Å². The van der Waals surface area contributed by atoms with Gasteiger partial charge in [-0.2, -0.15) is 0 Å². The number of hydrogen-bond acceptors (Lipinski definition) is 7. The molecule has 2 heterocycles. The van der Waals surface area contributed by atoms with Crippen molar-refractivity contribution in [3.8, 4) is 5.75 Å². The van der Waals surface area contributed by atoms with E-state index < -0.39 is 27.8 Å². The van der Waals surface area contributed by atoms with Crippen LogP contribution in [0.2, 0.25) is 5.02 Å². The van der Waals surface area contributed by atoms with Crippen molar-refractivity contribution in [2.45, 2.75) is 17.5 Å². The Morgan fingerprint density at radius 1 is 1.21 bits per heavy atom. The Balaban J connectivity index is 1.48. The van der Waals surface area contributed by atoms with Gasteiger partial charge in [-0.3, -0.25) is 10.1 Å². The van der Waals surface area contributed by atoms with E-state index >= 15 is 0 Å². The zero-order valence-electron chi connectivity index (χ0n) is 17.4. The summed E-state index contributed by atoms with van der Waals surface area (Å²) in [5, 5.41) is 14.0. The van der Waals surface area contributed by atoms with Crippen LogP contribution in [0.1, 0.15) is 15.2 Å². The Morgan fingerprint density at radius 3 is 2.62 bits per heavy atom. The normalized spacial score (nSPS) is 15.5. The first-order valence-electron chi connectivity index (χ1n) is 9.92. The van der Waals surface area contributed by atoms with E-state index in [1.165, 1.54) is 28.4 Å². The van der Waals surface area contributed by atoms with Gasteiger partial charge in [0.25, 0.3) is 5.91 Å². The predicted octanol–water partition coefficient (Wildman–Crippen LogP) is 4.18. The average molecular weight is 586 g/mol. The first kappa shape index (κ1) is 24.7. The lowest BCUT2D eigenvalue weighted by molar-refractivity contribution is -0.144. The third-order valence-electron chi connectivity index (χ3n) is 5.08. The number of sulfone groups is 1. The molecule has 1 aliphatic rings. The lowest BCUT2D eigenvalue weighted by Gasteiger charge is -2.33. The van der Waals surface area contributed by atoms with E-state index in [-0.39, 0.29) is 34.4 Å². The van der Waals surface area contributed by atoms with Crippen LogP contribution in [-0.2, 0) is 21.2 Å². The average Bonchev–Trinajstić information content (AvgIpc) is 3.18. The van der Waals surface area contributed by atoms with E-state index in [2.05, 4.69) is 21.2 Å². The zero-order valence-corrected chi connectivity index (χ0v) is 21.4. The standard InChI is InChI=1S/C22H18BrClN2O6S2/c23-13-5-7-14(8-6-13)34(30,31)12-25-9-19-20(24)15(11-33-19)21(27)26-10-18(22(28)29)32-17-4-2-1-3-16(17)26/h1-8,11,18,25H,9-10,12H2,(H,28,29). The Labute approximate surface area is 213 Å². The van der Waals surface area contributed by atoms with Gasteiger partial charge in [-0.15, -0.1) is 11.3 Å². The van der Waals surface area contributed by atoms with Gasteiger partial charge in [0, 0.05) is 21.3 Å². The molecule has 0 spiro atoms. The number of nitrogens with one attached hydrogen (secondary N) is 1. The third-order valence-corrected chi connectivity index (χ3v) is 8.71. The lowest BCUT2D eigenvalue weighted by Crippen LogP contribution is -2.47. The molecule has 4 rings (SSSR count). The first-order valence-corrected chi connectivity index (χ1v) is 13.6. The molecule has 0 aliphatic carbocycles. The number of amides is 1. The number of aliphatic carboxylic acids is 1. The number of anilines is 1. The second kappa shape index (κ2) is 10.0. The highest BCUT2D eigenvalue weighted by molar-refractivity contribution is 9.10. The van der Waals surface area contributed by atoms with E-state index in [0.29, 0.717) is 16.3 Å². The molecule has 3 aromatic rings. The van der Waals surface area contributed by atoms with Crippen molar-refractivity contribution < 1.29 is 27.9 Å². The molecule has 8 nitrogen and oxygen atoms in total. The van der Waals surface area contributed by atoms with Crippen LogP contribution in [0.15, 0.2) is 63.3 Å². The molecule has 0 fully saturated rings. The number of thiophene rings is 1. The first-order chi connectivity index (χ1) is 16.2. The van der Waals surface area contributed by atoms with Crippen molar-refractivity contribution in [3.05, 3.63) is 73.8 Å². The summed E-state index contributed by atoms with van der Waals surface area (Å²) in [5.41, 5.74) is 0.660. The van der Waals surface area contributed by atoms with Crippen molar-refractivity contribution >= 4 is 66.3 Å². The monoisotopic (exact) mass is 584 g/mol. The number of carbonyl (C=O) groups is 2. The number of nitrogens with zero attached hydrogens (tertiary/aromatic N) is 1. The van der Waals surface area contributed by atoms with Crippen molar-refractivity contribution in [2.24, 2.45) is 0 Å². The quantitative estimate of drug-likeness (QED) is 0.428. The molecule has 1 aromatic heterocycles. The predicted molar refractivity (Wildman–Crippen MR) is 133 cm³/mol. The molecule has 1 atom stereocenters. The highest BCUT2D eigenvalue weighted by atomic mass is 79.9. The van der Waals surface area contributed by atoms with Crippen LogP contribution in [0.25, 0.3) is 0 Å². The van der Waals surface area contributed by atoms with E-state index in [9.17, 15) is 23.1 Å². The Hall–Kier alpha value is -2.44. The molecule has 1 amide bonds. The number of ether oxygens (including phenoxy) is 1. The minimum Gasteiger partial charge on any atom is -0.478 e. The zero-order chi connectivity index (χ0) is 24.5. The number of benzene rings is 2. The van der Waals surface area contributed by atoms with E-state index in [1.54, 1.807) is 41.8 Å². The van der Waals surface area contributed by atoms with E-state index in [4.69, 9.17) is 16.3 Å². The maximum atomic E-state index is 13.3. The summed E-state index contributed by atoms with van der Waals surface area (Å²) in [7, 11) is -3.55. The molecule has 2 aromatic carbocycles.